The second-order valence-electron chi connectivity index (χ2n) is 6.15. The van der Waals surface area contributed by atoms with E-state index in [1.54, 1.807) is 0 Å². The summed E-state index contributed by atoms with van der Waals surface area (Å²) < 4.78 is 0. The number of carboxylic acids is 1. The van der Waals surface area contributed by atoms with Gasteiger partial charge in [0.2, 0.25) is 0 Å². The third kappa shape index (κ3) is 2.06. The van der Waals surface area contributed by atoms with Crippen molar-refractivity contribution in [1.82, 2.24) is 0 Å². The van der Waals surface area contributed by atoms with Crippen molar-refractivity contribution in [3.05, 3.63) is 0 Å². The van der Waals surface area contributed by atoms with Gasteiger partial charge in [-0.15, -0.1) is 0 Å². The van der Waals surface area contributed by atoms with E-state index in [1.807, 2.05) is 0 Å². The molecule has 1 heterocycles. The summed E-state index contributed by atoms with van der Waals surface area (Å²) in [6.07, 6.45) is 3.43. The van der Waals surface area contributed by atoms with Crippen molar-refractivity contribution in [1.29, 1.82) is 0 Å². The zero-order valence-electron chi connectivity index (χ0n) is 10.1. The average molecular weight is 225 g/mol. The molecule has 0 aromatic rings. The summed E-state index contributed by atoms with van der Waals surface area (Å²) in [5.41, 5.74) is 0.0284. The first kappa shape index (κ1) is 11.4. The van der Waals surface area contributed by atoms with E-state index in [0.717, 1.165) is 12.8 Å². The number of nitrogens with zero attached hydrogens (tertiary/aromatic N) is 1. The molecule has 2 rings (SSSR count). The van der Waals surface area contributed by atoms with Crippen LogP contribution in [-0.4, -0.2) is 22.4 Å². The molecule has 4 nitrogen and oxygen atoms in total. The van der Waals surface area contributed by atoms with Gasteiger partial charge in [-0.1, -0.05) is 25.9 Å². The molecule has 1 spiro atoms. The monoisotopic (exact) mass is 225 g/mol. The van der Waals surface area contributed by atoms with Crippen molar-refractivity contribution in [2.45, 2.75) is 52.1 Å². The van der Waals surface area contributed by atoms with Gasteiger partial charge in [-0.2, -0.15) is 0 Å². The van der Waals surface area contributed by atoms with Crippen molar-refractivity contribution in [2.75, 3.05) is 0 Å². The van der Waals surface area contributed by atoms with Crippen LogP contribution in [0.1, 0.15) is 46.5 Å². The maximum absolute atomic E-state index is 10.9. The highest BCUT2D eigenvalue weighted by atomic mass is 16.7. The van der Waals surface area contributed by atoms with Crippen LogP contribution >= 0.6 is 0 Å². The molecule has 1 aliphatic carbocycles. The molecule has 1 aliphatic heterocycles. The number of hydrogen-bond donors (Lipinski definition) is 1. The first-order chi connectivity index (χ1) is 7.32. The minimum absolute atomic E-state index is 0.171. The van der Waals surface area contributed by atoms with E-state index in [9.17, 15) is 4.79 Å². The van der Waals surface area contributed by atoms with E-state index in [1.165, 1.54) is 6.42 Å². The summed E-state index contributed by atoms with van der Waals surface area (Å²) in [4.78, 5) is 16.3. The fraction of sp³-hybridized carbons (Fsp3) is 0.833. The van der Waals surface area contributed by atoms with E-state index < -0.39 is 5.97 Å². The van der Waals surface area contributed by atoms with Crippen LogP contribution in [0, 0.1) is 11.3 Å². The number of hydrogen-bond acceptors (Lipinski definition) is 3. The van der Waals surface area contributed by atoms with Gasteiger partial charge in [0.1, 0.15) is 5.60 Å². The van der Waals surface area contributed by atoms with E-state index in [0.29, 0.717) is 12.3 Å². The van der Waals surface area contributed by atoms with Crippen LogP contribution in [0.15, 0.2) is 5.16 Å². The molecule has 2 aliphatic rings. The fourth-order valence-electron chi connectivity index (χ4n) is 3.51. The van der Waals surface area contributed by atoms with Gasteiger partial charge in [-0.25, -0.2) is 4.79 Å². The second-order valence-corrected chi connectivity index (χ2v) is 6.15. The number of aliphatic carboxylic acids is 1. The minimum atomic E-state index is -0.951. The number of carbonyl (C=O) groups is 1. The minimum Gasteiger partial charge on any atom is -0.477 e. The molecule has 90 valence electrons. The summed E-state index contributed by atoms with van der Waals surface area (Å²) >= 11 is 0. The Morgan fingerprint density at radius 1 is 1.50 bits per heavy atom. The Morgan fingerprint density at radius 2 is 2.19 bits per heavy atom. The molecule has 0 radical (unpaired) electrons. The fourth-order valence-corrected chi connectivity index (χ4v) is 3.51. The van der Waals surface area contributed by atoms with E-state index in [2.05, 4.69) is 25.9 Å². The van der Waals surface area contributed by atoms with Gasteiger partial charge in [-0.05, 0) is 30.6 Å². The Balaban J connectivity index is 2.14. The second kappa shape index (κ2) is 3.47. The van der Waals surface area contributed by atoms with Crippen molar-refractivity contribution < 1.29 is 14.7 Å². The largest absolute Gasteiger partial charge is 0.477 e. The van der Waals surface area contributed by atoms with Crippen LogP contribution in [0.4, 0.5) is 0 Å². The number of carboxylic acid groups (broad SMARTS) is 1. The molecule has 0 aromatic carbocycles. The predicted octanol–water partition coefficient (Wildman–Crippen LogP) is 2.43. The lowest BCUT2D eigenvalue weighted by Crippen LogP contribution is -2.42. The van der Waals surface area contributed by atoms with Crippen LogP contribution in [0.2, 0.25) is 0 Å². The van der Waals surface area contributed by atoms with Crippen LogP contribution in [-0.2, 0) is 9.63 Å². The molecule has 0 aromatic heterocycles. The number of oxime groups is 1. The van der Waals surface area contributed by atoms with Crippen molar-refractivity contribution >= 4 is 11.7 Å². The SMILES string of the molecule is CC1CC(C)(C)CC2(CC(C(=O)O)=NO2)C1. The van der Waals surface area contributed by atoms with Crippen molar-refractivity contribution in [3.63, 3.8) is 0 Å². The molecule has 1 saturated carbocycles. The highest BCUT2D eigenvalue weighted by Crippen LogP contribution is 2.48. The molecular formula is C12H19NO3. The quantitative estimate of drug-likeness (QED) is 0.745. The molecule has 1 N–H and O–H groups in total. The average Bonchev–Trinajstić information content (AvgIpc) is 2.44. The zero-order valence-corrected chi connectivity index (χ0v) is 10.1. The molecule has 16 heavy (non-hydrogen) atoms. The molecule has 0 saturated heterocycles. The maximum Gasteiger partial charge on any atom is 0.353 e. The Hall–Kier alpha value is -1.06. The Morgan fingerprint density at radius 3 is 2.69 bits per heavy atom. The van der Waals surface area contributed by atoms with Crippen LogP contribution in [0.25, 0.3) is 0 Å². The Labute approximate surface area is 95.7 Å². The molecule has 2 unspecified atom stereocenters. The summed E-state index contributed by atoms with van der Waals surface area (Å²) in [7, 11) is 0. The maximum atomic E-state index is 10.9. The topological polar surface area (TPSA) is 58.9 Å². The van der Waals surface area contributed by atoms with Crippen LogP contribution < -0.4 is 0 Å². The summed E-state index contributed by atoms with van der Waals surface area (Å²) in [5, 5.41) is 12.6. The normalized spacial score (nSPS) is 36.9. The van der Waals surface area contributed by atoms with E-state index in [-0.39, 0.29) is 16.7 Å². The van der Waals surface area contributed by atoms with Gasteiger partial charge >= 0.3 is 5.97 Å². The van der Waals surface area contributed by atoms with Crippen LogP contribution in [0.5, 0.6) is 0 Å². The van der Waals surface area contributed by atoms with Gasteiger partial charge in [0.15, 0.2) is 5.71 Å². The first-order valence-corrected chi connectivity index (χ1v) is 5.80. The van der Waals surface area contributed by atoms with Crippen molar-refractivity contribution in [3.8, 4) is 0 Å². The predicted molar refractivity (Wildman–Crippen MR) is 60.3 cm³/mol. The third-order valence-corrected chi connectivity index (χ3v) is 3.51. The number of rotatable bonds is 1. The van der Waals surface area contributed by atoms with Gasteiger partial charge in [-0.3, -0.25) is 0 Å². The first-order valence-electron chi connectivity index (χ1n) is 5.80. The molecule has 4 heteroatoms. The van der Waals surface area contributed by atoms with Gasteiger partial charge in [0.25, 0.3) is 0 Å². The summed E-state index contributed by atoms with van der Waals surface area (Å²) in [6.45, 7) is 6.63. The van der Waals surface area contributed by atoms with Gasteiger partial charge in [0, 0.05) is 6.42 Å². The highest BCUT2D eigenvalue weighted by molar-refractivity contribution is 6.36. The molecule has 1 fully saturated rings. The Kier molecular flexibility index (Phi) is 2.48. The van der Waals surface area contributed by atoms with Gasteiger partial charge in [0.05, 0.1) is 0 Å². The molecule has 0 bridgehead atoms. The third-order valence-electron chi connectivity index (χ3n) is 3.51. The van der Waals surface area contributed by atoms with E-state index >= 15 is 0 Å². The lowest BCUT2D eigenvalue weighted by molar-refractivity contribution is -0.129. The smallest absolute Gasteiger partial charge is 0.353 e. The molecule has 0 amide bonds. The zero-order chi connectivity index (χ0) is 12.0. The highest BCUT2D eigenvalue weighted by Gasteiger charge is 2.49. The van der Waals surface area contributed by atoms with Gasteiger partial charge < -0.3 is 9.94 Å². The lowest BCUT2D eigenvalue weighted by Gasteiger charge is -2.43. The van der Waals surface area contributed by atoms with E-state index in [4.69, 9.17) is 9.94 Å². The lowest BCUT2D eigenvalue weighted by atomic mass is 9.64. The molecular weight excluding hydrogens is 206 g/mol. The van der Waals surface area contributed by atoms with Crippen LogP contribution in [0.3, 0.4) is 0 Å². The Bertz CT molecular complexity index is 348. The van der Waals surface area contributed by atoms with Crippen molar-refractivity contribution in [2.24, 2.45) is 16.5 Å². The molecule has 2 atom stereocenters. The standard InChI is InChI=1S/C12H19NO3/c1-8-4-11(2,3)7-12(5-8)6-9(10(14)15)13-16-12/h8H,4-7H2,1-3H3,(H,14,15). The summed E-state index contributed by atoms with van der Waals surface area (Å²) in [5.74, 6) is -0.389. The summed E-state index contributed by atoms with van der Waals surface area (Å²) in [6, 6.07) is 0.